The molecule has 0 saturated carbocycles. The molecule has 0 aromatic carbocycles. The van der Waals surface area contributed by atoms with Gasteiger partial charge in [0.05, 0.1) is 7.11 Å². The molecule has 0 heterocycles. The van der Waals surface area contributed by atoms with Gasteiger partial charge in [0.2, 0.25) is 0 Å². The molecule has 0 aliphatic heterocycles. The maximum Gasteiger partial charge on any atom is 0.114 e. The van der Waals surface area contributed by atoms with E-state index in [4.69, 9.17) is 16.3 Å². The molecule has 0 rings (SSSR count). The molecule has 0 aliphatic carbocycles. The van der Waals surface area contributed by atoms with Crippen LogP contribution < -0.4 is 0 Å². The topological polar surface area (TPSA) is 9.23 Å². The van der Waals surface area contributed by atoms with Crippen LogP contribution in [0.4, 0.5) is 0 Å². The summed E-state index contributed by atoms with van der Waals surface area (Å²) >= 11 is 5.47. The number of allylic oxidation sites excluding steroid dienone is 4. The lowest BCUT2D eigenvalue weighted by molar-refractivity contribution is 0.306. The fraction of sp³-hybridized carbons (Fsp3) is 0.250. The van der Waals surface area contributed by atoms with Gasteiger partial charge in [-0.05, 0) is 25.2 Å². The summed E-state index contributed by atoms with van der Waals surface area (Å²) in [7, 11) is 1.61. The molecule has 0 spiro atoms. The highest BCUT2D eigenvalue weighted by atomic mass is 35.5. The first-order chi connectivity index (χ1) is 4.70. The fourth-order valence-electron chi connectivity index (χ4n) is 0.455. The van der Waals surface area contributed by atoms with Crippen LogP contribution in [0, 0.1) is 0 Å². The summed E-state index contributed by atoms with van der Waals surface area (Å²) < 4.78 is 4.92. The Bertz CT molecular complexity index is 168. The predicted octanol–water partition coefficient (Wildman–Crippen LogP) is 2.85. The standard InChI is InChI=1S/C8H11ClO/c1-4-8(10-3)6-5-7(2)9/h4-6H,2H2,1,3H3. The first kappa shape index (κ1) is 9.31. The Morgan fingerprint density at radius 1 is 1.50 bits per heavy atom. The van der Waals surface area contributed by atoms with Crippen LogP contribution in [0.5, 0.6) is 0 Å². The molecule has 0 aromatic rings. The Balaban J connectivity index is 3.98. The smallest absolute Gasteiger partial charge is 0.114 e. The van der Waals surface area contributed by atoms with Gasteiger partial charge in [0, 0.05) is 5.03 Å². The average molecular weight is 159 g/mol. The molecule has 56 valence electrons. The number of hydrogen-bond acceptors (Lipinski definition) is 1. The van der Waals surface area contributed by atoms with Gasteiger partial charge in [-0.3, -0.25) is 0 Å². The second-order valence-electron chi connectivity index (χ2n) is 1.68. The summed E-state index contributed by atoms with van der Waals surface area (Å²) in [5.41, 5.74) is 0. The summed E-state index contributed by atoms with van der Waals surface area (Å²) in [5.74, 6) is 0.779. The van der Waals surface area contributed by atoms with Crippen molar-refractivity contribution in [3.63, 3.8) is 0 Å². The van der Waals surface area contributed by atoms with Gasteiger partial charge in [-0.2, -0.15) is 0 Å². The summed E-state index contributed by atoms with van der Waals surface area (Å²) in [6.45, 7) is 5.38. The maximum absolute atomic E-state index is 5.47. The lowest BCUT2D eigenvalue weighted by Gasteiger charge is -1.96. The van der Waals surface area contributed by atoms with E-state index in [0.717, 1.165) is 5.76 Å². The molecule has 0 fully saturated rings. The molecule has 0 unspecified atom stereocenters. The first-order valence-electron chi connectivity index (χ1n) is 2.93. The van der Waals surface area contributed by atoms with E-state index in [1.807, 2.05) is 13.0 Å². The van der Waals surface area contributed by atoms with Crippen LogP contribution in [0.25, 0.3) is 0 Å². The molecule has 0 aliphatic rings. The van der Waals surface area contributed by atoms with Gasteiger partial charge in [-0.25, -0.2) is 0 Å². The fourth-order valence-corrected chi connectivity index (χ4v) is 0.518. The molecule has 0 N–H and O–H groups in total. The Labute approximate surface area is 66.6 Å². The molecule has 1 nitrogen and oxygen atoms in total. The van der Waals surface area contributed by atoms with Crippen molar-refractivity contribution < 1.29 is 4.74 Å². The highest BCUT2D eigenvalue weighted by Gasteiger charge is 1.84. The van der Waals surface area contributed by atoms with E-state index in [2.05, 4.69) is 6.58 Å². The van der Waals surface area contributed by atoms with Crippen LogP contribution in [0.15, 0.2) is 35.6 Å². The Hall–Kier alpha value is -0.690. The zero-order valence-corrected chi connectivity index (χ0v) is 6.98. The quantitative estimate of drug-likeness (QED) is 0.454. The second kappa shape index (κ2) is 5.12. The molecule has 2 heteroatoms. The van der Waals surface area contributed by atoms with Crippen molar-refractivity contribution in [3.8, 4) is 0 Å². The van der Waals surface area contributed by atoms with Gasteiger partial charge in [0.1, 0.15) is 5.76 Å². The summed E-state index contributed by atoms with van der Waals surface area (Å²) in [6, 6.07) is 0. The number of ether oxygens (including phenoxy) is 1. The van der Waals surface area contributed by atoms with Crippen LogP contribution in [0.1, 0.15) is 6.92 Å². The van der Waals surface area contributed by atoms with Crippen molar-refractivity contribution in [1.82, 2.24) is 0 Å². The van der Waals surface area contributed by atoms with Crippen molar-refractivity contribution in [2.24, 2.45) is 0 Å². The molecular weight excluding hydrogens is 148 g/mol. The van der Waals surface area contributed by atoms with Gasteiger partial charge in [-0.1, -0.05) is 18.2 Å². The van der Waals surface area contributed by atoms with Crippen molar-refractivity contribution >= 4 is 11.6 Å². The number of methoxy groups -OCH3 is 1. The zero-order valence-electron chi connectivity index (χ0n) is 6.23. The largest absolute Gasteiger partial charge is 0.497 e. The molecule has 0 radical (unpaired) electrons. The molecule has 0 atom stereocenters. The van der Waals surface area contributed by atoms with Crippen molar-refractivity contribution in [1.29, 1.82) is 0 Å². The van der Waals surface area contributed by atoms with E-state index < -0.39 is 0 Å². The van der Waals surface area contributed by atoms with Crippen molar-refractivity contribution in [3.05, 3.63) is 35.6 Å². The SMILES string of the molecule is C=C(Cl)C=CC(=CC)OC. The minimum absolute atomic E-state index is 0.497. The lowest BCUT2D eigenvalue weighted by Crippen LogP contribution is -1.78. The van der Waals surface area contributed by atoms with Crippen LogP contribution in [0.2, 0.25) is 0 Å². The van der Waals surface area contributed by atoms with Gasteiger partial charge in [0.25, 0.3) is 0 Å². The van der Waals surface area contributed by atoms with Crippen molar-refractivity contribution in [2.75, 3.05) is 7.11 Å². The highest BCUT2D eigenvalue weighted by Crippen LogP contribution is 2.03. The molecular formula is C8H11ClO. The highest BCUT2D eigenvalue weighted by molar-refractivity contribution is 6.30. The molecule has 0 amide bonds. The van der Waals surface area contributed by atoms with E-state index in [1.54, 1.807) is 19.3 Å². The number of hydrogen-bond donors (Lipinski definition) is 0. The van der Waals surface area contributed by atoms with Crippen LogP contribution in [-0.4, -0.2) is 7.11 Å². The third-order valence-electron chi connectivity index (χ3n) is 0.949. The Kier molecular flexibility index (Phi) is 4.77. The zero-order chi connectivity index (χ0) is 7.98. The van der Waals surface area contributed by atoms with E-state index in [0.29, 0.717) is 5.03 Å². The molecule has 0 saturated heterocycles. The molecule has 0 aromatic heterocycles. The Morgan fingerprint density at radius 2 is 2.10 bits per heavy atom. The average Bonchev–Trinajstić information content (AvgIpc) is 1.90. The minimum Gasteiger partial charge on any atom is -0.497 e. The minimum atomic E-state index is 0.497. The van der Waals surface area contributed by atoms with Crippen LogP contribution in [-0.2, 0) is 4.74 Å². The van der Waals surface area contributed by atoms with E-state index in [-0.39, 0.29) is 0 Å². The number of halogens is 1. The molecule has 0 bridgehead atoms. The van der Waals surface area contributed by atoms with Gasteiger partial charge in [-0.15, -0.1) is 0 Å². The van der Waals surface area contributed by atoms with E-state index in [9.17, 15) is 0 Å². The van der Waals surface area contributed by atoms with Gasteiger partial charge in [0.15, 0.2) is 0 Å². The van der Waals surface area contributed by atoms with Crippen LogP contribution in [0.3, 0.4) is 0 Å². The summed E-state index contributed by atoms with van der Waals surface area (Å²) in [6.07, 6.45) is 5.28. The number of rotatable bonds is 3. The van der Waals surface area contributed by atoms with E-state index >= 15 is 0 Å². The van der Waals surface area contributed by atoms with Crippen molar-refractivity contribution in [2.45, 2.75) is 6.92 Å². The monoisotopic (exact) mass is 158 g/mol. The summed E-state index contributed by atoms with van der Waals surface area (Å²) in [5, 5.41) is 0.497. The van der Waals surface area contributed by atoms with Gasteiger partial charge < -0.3 is 4.74 Å². The third-order valence-corrected chi connectivity index (χ3v) is 1.07. The molecule has 10 heavy (non-hydrogen) atoms. The first-order valence-corrected chi connectivity index (χ1v) is 3.31. The van der Waals surface area contributed by atoms with Crippen LogP contribution >= 0.6 is 11.6 Å². The Morgan fingerprint density at radius 3 is 2.40 bits per heavy atom. The van der Waals surface area contributed by atoms with E-state index in [1.165, 1.54) is 0 Å². The maximum atomic E-state index is 5.47. The lowest BCUT2D eigenvalue weighted by atomic mass is 10.4. The van der Waals surface area contributed by atoms with Gasteiger partial charge >= 0.3 is 0 Å². The summed E-state index contributed by atoms with van der Waals surface area (Å²) in [4.78, 5) is 0. The second-order valence-corrected chi connectivity index (χ2v) is 2.16. The normalized spacial score (nSPS) is 12.1. The third kappa shape index (κ3) is 4.21. The predicted molar refractivity (Wildman–Crippen MR) is 44.9 cm³/mol.